The Kier molecular flexibility index (Phi) is 11.7. The van der Waals surface area contributed by atoms with Gasteiger partial charge in [-0.25, -0.2) is 4.99 Å². The molecule has 3 rings (SSSR count). The summed E-state index contributed by atoms with van der Waals surface area (Å²) in [6.07, 6.45) is 1.62. The van der Waals surface area contributed by atoms with E-state index in [1.54, 1.807) is 0 Å². The van der Waals surface area contributed by atoms with Gasteiger partial charge in [0.2, 0.25) is 0 Å². The van der Waals surface area contributed by atoms with Gasteiger partial charge in [-0.3, -0.25) is 9.69 Å². The Morgan fingerprint density at radius 1 is 1.06 bits per heavy atom. The van der Waals surface area contributed by atoms with Gasteiger partial charge in [-0.1, -0.05) is 38.1 Å². The summed E-state index contributed by atoms with van der Waals surface area (Å²) >= 11 is 0. The molecule has 2 aliphatic rings. The summed E-state index contributed by atoms with van der Waals surface area (Å²) in [4.78, 5) is 24.1. The fourth-order valence-corrected chi connectivity index (χ4v) is 4.16. The summed E-state index contributed by atoms with van der Waals surface area (Å²) in [7, 11) is 0. The van der Waals surface area contributed by atoms with Gasteiger partial charge in [-0.2, -0.15) is 0 Å². The van der Waals surface area contributed by atoms with Crippen molar-refractivity contribution in [3.63, 3.8) is 0 Å². The number of carbonyl (C=O) groups excluding carboxylic acids is 1. The summed E-state index contributed by atoms with van der Waals surface area (Å²) in [5.41, 5.74) is 2.56. The Morgan fingerprint density at radius 2 is 1.69 bits per heavy atom. The number of rotatable bonds is 8. The Balaban J connectivity index is 0.00000363. The molecule has 1 aromatic rings. The molecular weight excluding hydrogens is 517 g/mol. The molecule has 0 spiro atoms. The number of benzene rings is 1. The number of hydrogen-bond donors (Lipinski definition) is 1. The molecule has 0 aromatic heterocycles. The Morgan fingerprint density at radius 3 is 2.25 bits per heavy atom. The van der Waals surface area contributed by atoms with Crippen molar-refractivity contribution in [2.75, 3.05) is 52.4 Å². The second-order valence-electron chi connectivity index (χ2n) is 8.26. The molecule has 1 aromatic carbocycles. The zero-order valence-corrected chi connectivity index (χ0v) is 22.2. The molecule has 1 atom stereocenters. The molecular formula is C24H40IN5O2. The van der Waals surface area contributed by atoms with Crippen molar-refractivity contribution in [2.45, 2.75) is 52.8 Å². The average molecular weight is 558 g/mol. The van der Waals surface area contributed by atoms with Gasteiger partial charge in [0.25, 0.3) is 5.91 Å². The number of guanidine groups is 1. The summed E-state index contributed by atoms with van der Waals surface area (Å²) in [5.74, 6) is 1.09. The van der Waals surface area contributed by atoms with Gasteiger partial charge in [0.05, 0.1) is 6.54 Å². The number of ether oxygens (including phenoxy) is 1. The van der Waals surface area contributed by atoms with Crippen LogP contribution in [-0.2, 0) is 22.6 Å². The molecule has 1 N–H and O–H groups in total. The molecule has 0 aliphatic carbocycles. The molecule has 2 aliphatic heterocycles. The van der Waals surface area contributed by atoms with E-state index in [2.05, 4.69) is 60.2 Å². The van der Waals surface area contributed by atoms with Crippen LogP contribution in [0.3, 0.4) is 0 Å². The molecule has 0 bridgehead atoms. The maximum atomic E-state index is 12.6. The van der Waals surface area contributed by atoms with Crippen LogP contribution in [0.15, 0.2) is 29.3 Å². The van der Waals surface area contributed by atoms with Crippen LogP contribution >= 0.6 is 24.0 Å². The van der Waals surface area contributed by atoms with Crippen LogP contribution in [0.1, 0.15) is 44.7 Å². The second-order valence-corrected chi connectivity index (χ2v) is 8.26. The summed E-state index contributed by atoms with van der Waals surface area (Å²) in [6, 6.07) is 8.80. The van der Waals surface area contributed by atoms with E-state index in [9.17, 15) is 4.79 Å². The van der Waals surface area contributed by atoms with Gasteiger partial charge in [0.1, 0.15) is 6.10 Å². The topological polar surface area (TPSA) is 60.4 Å². The first-order valence-electron chi connectivity index (χ1n) is 11.9. The minimum Gasteiger partial charge on any atom is -0.368 e. The highest BCUT2D eigenvalue weighted by Gasteiger charge is 2.30. The van der Waals surface area contributed by atoms with E-state index < -0.39 is 0 Å². The Labute approximate surface area is 210 Å². The first-order chi connectivity index (χ1) is 15.1. The van der Waals surface area contributed by atoms with Crippen molar-refractivity contribution in [1.29, 1.82) is 0 Å². The maximum absolute atomic E-state index is 12.6. The molecule has 180 valence electrons. The van der Waals surface area contributed by atoms with Crippen molar-refractivity contribution >= 4 is 35.8 Å². The smallest absolute Gasteiger partial charge is 0.251 e. The fraction of sp³-hybridized carbons (Fsp3) is 0.667. The van der Waals surface area contributed by atoms with Crippen LogP contribution in [0.25, 0.3) is 0 Å². The highest BCUT2D eigenvalue weighted by molar-refractivity contribution is 14.0. The van der Waals surface area contributed by atoms with Crippen molar-refractivity contribution in [1.82, 2.24) is 20.0 Å². The number of piperazine rings is 1. The number of nitrogens with one attached hydrogen (secondary N) is 1. The number of nitrogens with zero attached hydrogens (tertiary/aromatic N) is 4. The van der Waals surface area contributed by atoms with Crippen molar-refractivity contribution < 1.29 is 9.53 Å². The lowest BCUT2D eigenvalue weighted by Gasteiger charge is -2.37. The van der Waals surface area contributed by atoms with E-state index in [-0.39, 0.29) is 36.0 Å². The van der Waals surface area contributed by atoms with Crippen molar-refractivity contribution in [3.8, 4) is 0 Å². The van der Waals surface area contributed by atoms with Gasteiger partial charge in [0, 0.05) is 45.9 Å². The summed E-state index contributed by atoms with van der Waals surface area (Å²) in [5, 5.41) is 3.42. The zero-order valence-electron chi connectivity index (χ0n) is 19.9. The van der Waals surface area contributed by atoms with Crippen LogP contribution in [0.5, 0.6) is 0 Å². The fourth-order valence-electron chi connectivity index (χ4n) is 4.16. The van der Waals surface area contributed by atoms with Gasteiger partial charge >= 0.3 is 0 Å². The monoisotopic (exact) mass is 557 g/mol. The van der Waals surface area contributed by atoms with E-state index in [0.717, 1.165) is 71.2 Å². The lowest BCUT2D eigenvalue weighted by molar-refractivity contribution is -0.142. The van der Waals surface area contributed by atoms with Crippen molar-refractivity contribution in [3.05, 3.63) is 35.4 Å². The quantitative estimate of drug-likeness (QED) is 0.303. The molecule has 8 heteroatoms. The third kappa shape index (κ3) is 7.59. The molecule has 2 heterocycles. The lowest BCUT2D eigenvalue weighted by atomic mass is 10.1. The standard InChI is InChI=1S/C24H39N5O2.HI/c1-4-25-24(26-18-20-9-11-21(12-10-20)19-27(5-2)6-3)29-15-13-28(14-16-29)23(30)22-8-7-17-31-22;/h9-12,22H,4-8,13-19H2,1-3H3,(H,25,26);1H. The second kappa shape index (κ2) is 14.0. The summed E-state index contributed by atoms with van der Waals surface area (Å²) < 4.78 is 5.57. The van der Waals surface area contributed by atoms with E-state index >= 15 is 0 Å². The molecule has 1 unspecified atom stereocenters. The predicted molar refractivity (Wildman–Crippen MR) is 140 cm³/mol. The Hall–Kier alpha value is -1.39. The number of amides is 1. The molecule has 2 fully saturated rings. The van der Waals surface area contributed by atoms with Gasteiger partial charge in [0.15, 0.2) is 5.96 Å². The lowest BCUT2D eigenvalue weighted by Crippen LogP contribution is -2.55. The number of carbonyl (C=O) groups is 1. The molecule has 0 radical (unpaired) electrons. The van der Waals surface area contributed by atoms with Gasteiger partial charge in [-0.15, -0.1) is 24.0 Å². The normalized spacial score (nSPS) is 19.2. The van der Waals surface area contributed by atoms with Crippen LogP contribution < -0.4 is 5.32 Å². The molecule has 2 saturated heterocycles. The van der Waals surface area contributed by atoms with Crippen LogP contribution in [-0.4, -0.2) is 85.1 Å². The van der Waals surface area contributed by atoms with Crippen LogP contribution in [0.2, 0.25) is 0 Å². The maximum Gasteiger partial charge on any atom is 0.251 e. The van der Waals surface area contributed by atoms with Gasteiger partial charge in [-0.05, 0) is 44.0 Å². The third-order valence-electron chi connectivity index (χ3n) is 6.17. The SMILES string of the molecule is CCNC(=NCc1ccc(CN(CC)CC)cc1)N1CCN(C(=O)C2CCCO2)CC1.I. The van der Waals surface area contributed by atoms with Crippen LogP contribution in [0.4, 0.5) is 0 Å². The number of hydrogen-bond acceptors (Lipinski definition) is 4. The Bertz CT molecular complexity index is 710. The first kappa shape index (κ1) is 26.9. The summed E-state index contributed by atoms with van der Waals surface area (Å²) in [6.45, 7) is 14.9. The van der Waals surface area contributed by atoms with E-state index in [0.29, 0.717) is 13.2 Å². The first-order valence-corrected chi connectivity index (χ1v) is 11.9. The average Bonchev–Trinajstić information content (AvgIpc) is 3.36. The van der Waals surface area contributed by atoms with E-state index in [1.807, 2.05) is 4.90 Å². The highest BCUT2D eigenvalue weighted by Crippen LogP contribution is 2.16. The molecule has 1 amide bonds. The minimum atomic E-state index is -0.224. The largest absolute Gasteiger partial charge is 0.368 e. The molecule has 32 heavy (non-hydrogen) atoms. The highest BCUT2D eigenvalue weighted by atomic mass is 127. The van der Waals surface area contributed by atoms with E-state index in [1.165, 1.54) is 11.1 Å². The van der Waals surface area contributed by atoms with Gasteiger partial charge < -0.3 is 19.9 Å². The van der Waals surface area contributed by atoms with Crippen LogP contribution in [0, 0.1) is 0 Å². The molecule has 0 saturated carbocycles. The number of aliphatic imine (C=N–C) groups is 1. The molecule has 7 nitrogen and oxygen atoms in total. The van der Waals surface area contributed by atoms with E-state index in [4.69, 9.17) is 9.73 Å². The number of halogens is 1. The predicted octanol–water partition coefficient (Wildman–Crippen LogP) is 2.94. The minimum absolute atomic E-state index is 0. The zero-order chi connectivity index (χ0) is 22.1. The van der Waals surface area contributed by atoms with Crippen molar-refractivity contribution in [2.24, 2.45) is 4.99 Å². The third-order valence-corrected chi connectivity index (χ3v) is 6.17.